The van der Waals surface area contributed by atoms with E-state index in [9.17, 15) is 0 Å². The number of aromatic nitrogens is 3. The summed E-state index contributed by atoms with van der Waals surface area (Å²) in [5.74, 6) is 1.71. The highest BCUT2D eigenvalue weighted by Gasteiger charge is 2.02. The number of benzene rings is 2. The van der Waals surface area contributed by atoms with Gasteiger partial charge in [-0.2, -0.15) is 0 Å². The fourth-order valence-electron chi connectivity index (χ4n) is 2.23. The van der Waals surface area contributed by atoms with Gasteiger partial charge in [-0.05, 0) is 49.6 Å². The van der Waals surface area contributed by atoms with Crippen molar-refractivity contribution in [2.24, 2.45) is 0 Å². The number of hydrogen-bond acceptors (Lipinski definition) is 3. The molecule has 0 saturated heterocycles. The van der Waals surface area contributed by atoms with Crippen LogP contribution in [0.25, 0.3) is 0 Å². The first-order chi connectivity index (χ1) is 10.8. The van der Waals surface area contributed by atoms with Gasteiger partial charge in [-0.15, -0.1) is 5.10 Å². The lowest BCUT2D eigenvalue weighted by molar-refractivity contribution is 0.482. The molecule has 2 aromatic carbocycles. The second-order valence-electron chi connectivity index (χ2n) is 5.12. The average molecular weight is 293 g/mol. The summed E-state index contributed by atoms with van der Waals surface area (Å²) in [7, 11) is 0. The van der Waals surface area contributed by atoms with Crippen LogP contribution in [-0.2, 0) is 19.4 Å². The van der Waals surface area contributed by atoms with Crippen molar-refractivity contribution in [2.45, 2.75) is 26.3 Å². The molecule has 0 saturated carbocycles. The highest BCUT2D eigenvalue weighted by molar-refractivity contribution is 5.33. The lowest BCUT2D eigenvalue weighted by atomic mass is 10.1. The predicted octanol–water partition coefficient (Wildman–Crippen LogP) is 3.88. The highest BCUT2D eigenvalue weighted by Crippen LogP contribution is 2.21. The lowest BCUT2D eigenvalue weighted by Crippen LogP contribution is -1.93. The molecule has 1 heterocycles. The van der Waals surface area contributed by atoms with Gasteiger partial charge in [-0.25, -0.2) is 0 Å². The molecule has 4 nitrogen and oxygen atoms in total. The van der Waals surface area contributed by atoms with E-state index in [1.54, 1.807) is 0 Å². The number of nitrogens with zero attached hydrogens (tertiary/aromatic N) is 3. The van der Waals surface area contributed by atoms with E-state index in [1.807, 2.05) is 53.3 Å². The normalized spacial score (nSPS) is 10.6. The number of aryl methyl sites for hydroxylation is 3. The molecule has 1 aromatic heterocycles. The summed E-state index contributed by atoms with van der Waals surface area (Å²) in [6.07, 6.45) is 3.86. The van der Waals surface area contributed by atoms with Gasteiger partial charge in [0, 0.05) is 12.7 Å². The Kier molecular flexibility index (Phi) is 4.49. The summed E-state index contributed by atoms with van der Waals surface area (Å²) < 4.78 is 7.64. The molecule has 0 fully saturated rings. The van der Waals surface area contributed by atoms with Crippen molar-refractivity contribution in [3.05, 3.63) is 72.1 Å². The molecule has 4 heteroatoms. The first-order valence-electron chi connectivity index (χ1n) is 7.54. The molecule has 0 bridgehead atoms. The summed E-state index contributed by atoms with van der Waals surface area (Å²) in [5, 5.41) is 8.22. The largest absolute Gasteiger partial charge is 0.457 e. The summed E-state index contributed by atoms with van der Waals surface area (Å²) in [6, 6.07) is 18.0. The minimum absolute atomic E-state index is 0.853. The van der Waals surface area contributed by atoms with Gasteiger partial charge >= 0.3 is 0 Å². The molecule has 0 N–H and O–H groups in total. The third-order valence-electron chi connectivity index (χ3n) is 3.48. The van der Waals surface area contributed by atoms with Crippen LogP contribution in [0.2, 0.25) is 0 Å². The van der Waals surface area contributed by atoms with Gasteiger partial charge in [-0.1, -0.05) is 35.5 Å². The standard InChI is InChI=1S/C18H19N3O/c1-2-21-14-16(19-20-21)11-8-15-9-12-18(13-10-15)22-17-6-4-3-5-7-17/h3-7,9-10,12-14H,2,8,11H2,1H3. The molecular formula is C18H19N3O. The van der Waals surface area contributed by atoms with E-state index in [4.69, 9.17) is 4.74 Å². The van der Waals surface area contributed by atoms with Gasteiger partial charge in [0.05, 0.1) is 5.69 Å². The van der Waals surface area contributed by atoms with E-state index in [0.717, 1.165) is 36.6 Å². The minimum atomic E-state index is 0.853. The fraction of sp³-hybridized carbons (Fsp3) is 0.222. The molecular weight excluding hydrogens is 274 g/mol. The Morgan fingerprint density at radius 1 is 0.909 bits per heavy atom. The molecule has 0 unspecified atom stereocenters. The van der Waals surface area contributed by atoms with Crippen LogP contribution < -0.4 is 4.74 Å². The van der Waals surface area contributed by atoms with Gasteiger partial charge < -0.3 is 4.74 Å². The maximum Gasteiger partial charge on any atom is 0.127 e. The summed E-state index contributed by atoms with van der Waals surface area (Å²) in [4.78, 5) is 0. The number of hydrogen-bond donors (Lipinski definition) is 0. The van der Waals surface area contributed by atoms with Crippen molar-refractivity contribution < 1.29 is 4.74 Å². The zero-order valence-electron chi connectivity index (χ0n) is 12.6. The van der Waals surface area contributed by atoms with Gasteiger partial charge in [0.15, 0.2) is 0 Å². The number of ether oxygens (including phenoxy) is 1. The van der Waals surface area contributed by atoms with Crippen LogP contribution in [0.1, 0.15) is 18.2 Å². The van der Waals surface area contributed by atoms with E-state index in [0.29, 0.717) is 0 Å². The Morgan fingerprint density at radius 2 is 1.64 bits per heavy atom. The Bertz CT molecular complexity index is 705. The topological polar surface area (TPSA) is 39.9 Å². The summed E-state index contributed by atoms with van der Waals surface area (Å²) in [5.41, 5.74) is 2.30. The molecule has 3 aromatic rings. The third kappa shape index (κ3) is 3.73. The van der Waals surface area contributed by atoms with Crippen LogP contribution in [-0.4, -0.2) is 15.0 Å². The monoisotopic (exact) mass is 293 g/mol. The quantitative estimate of drug-likeness (QED) is 0.692. The zero-order chi connectivity index (χ0) is 15.2. The van der Waals surface area contributed by atoms with E-state index in [2.05, 4.69) is 29.4 Å². The highest BCUT2D eigenvalue weighted by atomic mass is 16.5. The average Bonchev–Trinajstić information content (AvgIpc) is 3.03. The predicted molar refractivity (Wildman–Crippen MR) is 86.1 cm³/mol. The molecule has 0 spiro atoms. The Morgan fingerprint density at radius 3 is 2.32 bits per heavy atom. The van der Waals surface area contributed by atoms with E-state index < -0.39 is 0 Å². The lowest BCUT2D eigenvalue weighted by Gasteiger charge is -2.06. The molecule has 0 aliphatic heterocycles. The van der Waals surface area contributed by atoms with Crippen LogP contribution in [0.5, 0.6) is 11.5 Å². The minimum Gasteiger partial charge on any atom is -0.457 e. The molecule has 0 aliphatic rings. The van der Waals surface area contributed by atoms with Gasteiger partial charge in [0.2, 0.25) is 0 Å². The molecule has 3 rings (SSSR count). The second kappa shape index (κ2) is 6.89. The van der Waals surface area contributed by atoms with Gasteiger partial charge in [0.25, 0.3) is 0 Å². The van der Waals surface area contributed by atoms with Crippen molar-refractivity contribution in [3.8, 4) is 11.5 Å². The molecule has 0 amide bonds. The molecule has 0 atom stereocenters. The third-order valence-corrected chi connectivity index (χ3v) is 3.48. The smallest absolute Gasteiger partial charge is 0.127 e. The van der Waals surface area contributed by atoms with Crippen LogP contribution in [0.4, 0.5) is 0 Å². The van der Waals surface area contributed by atoms with Crippen molar-refractivity contribution >= 4 is 0 Å². The summed E-state index contributed by atoms with van der Waals surface area (Å²) >= 11 is 0. The fourth-order valence-corrected chi connectivity index (χ4v) is 2.23. The molecule has 22 heavy (non-hydrogen) atoms. The van der Waals surface area contributed by atoms with Gasteiger partial charge in [-0.3, -0.25) is 4.68 Å². The molecule has 0 radical (unpaired) electrons. The Labute approximate surface area is 130 Å². The van der Waals surface area contributed by atoms with E-state index in [1.165, 1.54) is 5.56 Å². The number of para-hydroxylation sites is 1. The number of rotatable bonds is 6. The summed E-state index contributed by atoms with van der Waals surface area (Å²) in [6.45, 7) is 2.92. The maximum atomic E-state index is 5.79. The van der Waals surface area contributed by atoms with Crippen molar-refractivity contribution in [1.29, 1.82) is 0 Å². The van der Waals surface area contributed by atoms with E-state index >= 15 is 0 Å². The van der Waals surface area contributed by atoms with Crippen LogP contribution in [0.15, 0.2) is 60.8 Å². The van der Waals surface area contributed by atoms with Gasteiger partial charge in [0.1, 0.15) is 11.5 Å². The molecule has 112 valence electrons. The van der Waals surface area contributed by atoms with Crippen molar-refractivity contribution in [2.75, 3.05) is 0 Å². The first-order valence-corrected chi connectivity index (χ1v) is 7.54. The maximum absolute atomic E-state index is 5.79. The van der Waals surface area contributed by atoms with Crippen LogP contribution >= 0.6 is 0 Å². The van der Waals surface area contributed by atoms with Crippen molar-refractivity contribution in [3.63, 3.8) is 0 Å². The Balaban J connectivity index is 1.57. The Hall–Kier alpha value is -2.62. The van der Waals surface area contributed by atoms with Crippen LogP contribution in [0.3, 0.4) is 0 Å². The van der Waals surface area contributed by atoms with Crippen molar-refractivity contribution in [1.82, 2.24) is 15.0 Å². The SMILES string of the molecule is CCn1cc(CCc2ccc(Oc3ccccc3)cc2)nn1. The first kappa shape index (κ1) is 14.3. The zero-order valence-corrected chi connectivity index (χ0v) is 12.6. The van der Waals surface area contributed by atoms with Crippen LogP contribution in [0, 0.1) is 0 Å². The molecule has 0 aliphatic carbocycles. The van der Waals surface area contributed by atoms with E-state index in [-0.39, 0.29) is 0 Å². The second-order valence-corrected chi connectivity index (χ2v) is 5.12.